The van der Waals surface area contributed by atoms with Crippen LogP contribution < -0.4 is 11.1 Å². The van der Waals surface area contributed by atoms with E-state index < -0.39 is 0 Å². The molecule has 0 unspecified atom stereocenters. The Balaban J connectivity index is 1.50. The Morgan fingerprint density at radius 1 is 1.21 bits per heavy atom. The fraction of sp³-hybridized carbons (Fsp3) is 0.455. The minimum atomic E-state index is -0.256. The van der Waals surface area contributed by atoms with E-state index in [9.17, 15) is 10.1 Å². The van der Waals surface area contributed by atoms with Gasteiger partial charge in [-0.05, 0) is 74.5 Å². The molecule has 0 aliphatic heterocycles. The summed E-state index contributed by atoms with van der Waals surface area (Å²) in [7, 11) is 0. The second-order valence-electron chi connectivity index (χ2n) is 8.82. The van der Waals surface area contributed by atoms with Gasteiger partial charge in [-0.2, -0.15) is 5.26 Å². The van der Waals surface area contributed by atoms with Crippen LogP contribution >= 0.6 is 22.9 Å². The van der Waals surface area contributed by atoms with Crippen LogP contribution in [0.25, 0.3) is 0 Å². The Labute approximate surface area is 173 Å². The number of thiophene rings is 1. The Bertz CT molecular complexity index is 970. The first-order chi connectivity index (χ1) is 13.5. The maximum absolute atomic E-state index is 13.7. The van der Waals surface area contributed by atoms with Crippen LogP contribution in [0.15, 0.2) is 24.3 Å². The zero-order valence-corrected chi connectivity index (χ0v) is 17.1. The molecule has 144 valence electrons. The summed E-state index contributed by atoms with van der Waals surface area (Å²) in [6.07, 6.45) is 6.85. The van der Waals surface area contributed by atoms with Gasteiger partial charge in [0.15, 0.2) is 5.78 Å². The van der Waals surface area contributed by atoms with Crippen molar-refractivity contribution in [3.8, 4) is 6.07 Å². The number of hydrogen-bond donors (Lipinski definition) is 2. The summed E-state index contributed by atoms with van der Waals surface area (Å²) in [6, 6.07) is 9.49. The molecule has 1 aromatic carbocycles. The molecule has 0 spiro atoms. The first kappa shape index (κ1) is 18.0. The van der Waals surface area contributed by atoms with Crippen molar-refractivity contribution >= 4 is 45.1 Å². The molecular weight excluding hydrogens is 390 g/mol. The largest absolute Gasteiger partial charge is 0.396 e. The molecule has 4 nitrogen and oxygen atoms in total. The lowest BCUT2D eigenvalue weighted by Gasteiger charge is -2.55. The smallest absolute Gasteiger partial charge is 0.181 e. The van der Waals surface area contributed by atoms with Gasteiger partial charge >= 0.3 is 0 Å². The standard InChI is InChI=1S/C22H22ClN3OS/c23-15-2-1-3-16(7-15)26-21-17(11-24)18(25)19(28-21)20(27)22-8-12-4-13(9-22)6-14(5-12)10-22/h1-3,7,12-14,26H,4-6,8-10,25H2. The van der Waals surface area contributed by atoms with E-state index in [1.807, 2.05) is 12.1 Å². The lowest BCUT2D eigenvalue weighted by atomic mass is 9.48. The topological polar surface area (TPSA) is 78.9 Å². The normalized spacial score (nSPS) is 30.2. The van der Waals surface area contributed by atoms with Gasteiger partial charge in [0.1, 0.15) is 16.6 Å². The third-order valence-electron chi connectivity index (χ3n) is 6.87. The van der Waals surface area contributed by atoms with E-state index in [4.69, 9.17) is 17.3 Å². The van der Waals surface area contributed by atoms with E-state index in [1.54, 1.807) is 12.1 Å². The minimum Gasteiger partial charge on any atom is -0.396 e. The number of benzene rings is 1. The molecule has 0 radical (unpaired) electrons. The highest BCUT2D eigenvalue weighted by Gasteiger charge is 2.55. The summed E-state index contributed by atoms with van der Waals surface area (Å²) in [5.41, 5.74) is 7.53. The van der Waals surface area contributed by atoms with E-state index in [-0.39, 0.29) is 11.2 Å². The summed E-state index contributed by atoms with van der Waals surface area (Å²) in [6.45, 7) is 0. The molecule has 3 N–H and O–H groups in total. The van der Waals surface area contributed by atoms with E-state index >= 15 is 0 Å². The van der Waals surface area contributed by atoms with Gasteiger partial charge in [0.2, 0.25) is 0 Å². The molecule has 0 atom stereocenters. The summed E-state index contributed by atoms with van der Waals surface area (Å²) in [5, 5.41) is 14.1. The lowest BCUT2D eigenvalue weighted by molar-refractivity contribution is -0.0350. The number of nitriles is 1. The summed E-state index contributed by atoms with van der Waals surface area (Å²) in [5.74, 6) is 2.24. The van der Waals surface area contributed by atoms with Crippen molar-refractivity contribution in [3.63, 3.8) is 0 Å². The number of carbonyl (C=O) groups excluding carboxylic acids is 1. The van der Waals surface area contributed by atoms with Gasteiger partial charge in [-0.25, -0.2) is 0 Å². The maximum Gasteiger partial charge on any atom is 0.181 e. The van der Waals surface area contributed by atoms with Crippen molar-refractivity contribution in [2.45, 2.75) is 38.5 Å². The molecule has 4 fully saturated rings. The molecular formula is C22H22ClN3OS. The molecule has 4 saturated carbocycles. The summed E-state index contributed by atoms with van der Waals surface area (Å²) < 4.78 is 0. The molecule has 4 bridgehead atoms. The number of carbonyl (C=O) groups is 1. The number of ketones is 1. The number of halogens is 1. The lowest BCUT2D eigenvalue weighted by Crippen LogP contribution is -2.49. The van der Waals surface area contributed by atoms with Crippen LogP contribution in [0.4, 0.5) is 16.4 Å². The molecule has 28 heavy (non-hydrogen) atoms. The van der Waals surface area contributed by atoms with Gasteiger partial charge < -0.3 is 11.1 Å². The van der Waals surface area contributed by atoms with Crippen LogP contribution in [-0.4, -0.2) is 5.78 Å². The Morgan fingerprint density at radius 2 is 1.86 bits per heavy atom. The molecule has 2 aromatic rings. The number of rotatable bonds is 4. The molecule has 6 heteroatoms. The summed E-state index contributed by atoms with van der Waals surface area (Å²) in [4.78, 5) is 14.2. The van der Waals surface area contributed by atoms with Crippen molar-refractivity contribution in [2.24, 2.45) is 23.2 Å². The van der Waals surface area contributed by atoms with Gasteiger partial charge in [-0.15, -0.1) is 11.3 Å². The summed E-state index contributed by atoms with van der Waals surface area (Å²) >= 11 is 7.38. The predicted octanol–water partition coefficient (Wildman–Crippen LogP) is 6.00. The number of hydrogen-bond acceptors (Lipinski definition) is 5. The Kier molecular flexibility index (Phi) is 4.19. The Morgan fingerprint density at radius 3 is 2.43 bits per heavy atom. The molecule has 1 heterocycles. The van der Waals surface area contributed by atoms with Crippen molar-refractivity contribution in [2.75, 3.05) is 11.1 Å². The number of nitrogens with one attached hydrogen (secondary N) is 1. The van der Waals surface area contributed by atoms with E-state index in [0.29, 0.717) is 43.9 Å². The Hall–Kier alpha value is -2.03. The quantitative estimate of drug-likeness (QED) is 0.605. The fourth-order valence-electron chi connectivity index (χ4n) is 6.14. The molecule has 4 aliphatic rings. The van der Waals surface area contributed by atoms with E-state index in [2.05, 4.69) is 11.4 Å². The van der Waals surface area contributed by atoms with Crippen LogP contribution in [0.2, 0.25) is 5.02 Å². The first-order valence-electron chi connectivity index (χ1n) is 9.87. The number of nitrogens with two attached hydrogens (primary N) is 1. The highest BCUT2D eigenvalue weighted by Crippen LogP contribution is 2.61. The van der Waals surface area contributed by atoms with Crippen LogP contribution in [0.3, 0.4) is 0 Å². The third kappa shape index (κ3) is 2.82. The zero-order valence-electron chi connectivity index (χ0n) is 15.5. The van der Waals surface area contributed by atoms with Crippen molar-refractivity contribution < 1.29 is 4.79 Å². The van der Waals surface area contributed by atoms with Gasteiger partial charge in [0.25, 0.3) is 0 Å². The predicted molar refractivity (Wildman–Crippen MR) is 113 cm³/mol. The van der Waals surface area contributed by atoms with Crippen LogP contribution in [0.1, 0.15) is 53.8 Å². The van der Waals surface area contributed by atoms with E-state index in [1.165, 1.54) is 30.6 Å². The van der Waals surface area contributed by atoms with Crippen molar-refractivity contribution in [1.29, 1.82) is 5.26 Å². The second kappa shape index (κ2) is 6.50. The van der Waals surface area contributed by atoms with Gasteiger partial charge in [0.05, 0.1) is 10.6 Å². The third-order valence-corrected chi connectivity index (χ3v) is 8.22. The van der Waals surface area contributed by atoms with E-state index in [0.717, 1.165) is 24.9 Å². The fourth-order valence-corrected chi connectivity index (χ4v) is 7.48. The zero-order chi connectivity index (χ0) is 19.5. The number of nitrogens with zero attached hydrogens (tertiary/aromatic N) is 1. The van der Waals surface area contributed by atoms with Crippen molar-refractivity contribution in [1.82, 2.24) is 0 Å². The average Bonchev–Trinajstić information content (AvgIpc) is 2.95. The van der Waals surface area contributed by atoms with Crippen molar-refractivity contribution in [3.05, 3.63) is 39.7 Å². The van der Waals surface area contributed by atoms with Gasteiger partial charge in [0, 0.05) is 16.1 Å². The highest BCUT2D eigenvalue weighted by molar-refractivity contribution is 7.19. The SMILES string of the molecule is N#Cc1c(Nc2cccc(Cl)c2)sc(C(=O)C23CC4CC(CC(C4)C2)C3)c1N. The second-order valence-corrected chi connectivity index (χ2v) is 10.3. The number of Topliss-reactive ketones (excluding diaryl/α,β-unsaturated/α-hetero) is 1. The number of nitrogen functional groups attached to an aromatic ring is 1. The first-order valence-corrected chi connectivity index (χ1v) is 11.1. The monoisotopic (exact) mass is 411 g/mol. The molecule has 6 rings (SSSR count). The maximum atomic E-state index is 13.7. The van der Waals surface area contributed by atoms with Crippen LogP contribution in [0, 0.1) is 34.5 Å². The molecule has 4 aliphatic carbocycles. The average molecular weight is 412 g/mol. The van der Waals surface area contributed by atoms with Gasteiger partial charge in [-0.1, -0.05) is 17.7 Å². The minimum absolute atomic E-state index is 0.171. The van der Waals surface area contributed by atoms with Crippen LogP contribution in [-0.2, 0) is 0 Å². The molecule has 0 saturated heterocycles. The van der Waals surface area contributed by atoms with Crippen LogP contribution in [0.5, 0.6) is 0 Å². The highest BCUT2D eigenvalue weighted by atomic mass is 35.5. The van der Waals surface area contributed by atoms with Gasteiger partial charge in [-0.3, -0.25) is 4.79 Å². The number of anilines is 3. The molecule has 0 amide bonds. The molecule has 1 aromatic heterocycles.